The highest BCUT2D eigenvalue weighted by Gasteiger charge is 2.43. The number of hydrogen-bond donors (Lipinski definition) is 0. The van der Waals surface area contributed by atoms with Crippen molar-refractivity contribution in [1.82, 2.24) is 0 Å². The van der Waals surface area contributed by atoms with E-state index in [0.717, 1.165) is 19.3 Å². The van der Waals surface area contributed by atoms with Crippen LogP contribution in [0.1, 0.15) is 53.4 Å². The summed E-state index contributed by atoms with van der Waals surface area (Å²) >= 11 is 0. The average molecular weight is 244 g/mol. The predicted molar refractivity (Wildman–Crippen MR) is 65.5 cm³/mol. The van der Waals surface area contributed by atoms with E-state index in [9.17, 15) is 9.59 Å². The SMILES string of the molecule is CCCCCC(C)(C(=O)OCC)C(=O)OCC. The Morgan fingerprint density at radius 3 is 1.76 bits per heavy atom. The Balaban J connectivity index is 4.66. The number of carbonyl (C=O) groups is 2. The van der Waals surface area contributed by atoms with E-state index in [1.807, 2.05) is 0 Å². The van der Waals surface area contributed by atoms with Gasteiger partial charge in [0.1, 0.15) is 0 Å². The predicted octanol–water partition coefficient (Wildman–Crippen LogP) is 2.70. The third-order valence-corrected chi connectivity index (χ3v) is 2.73. The van der Waals surface area contributed by atoms with Crippen molar-refractivity contribution in [2.45, 2.75) is 53.4 Å². The van der Waals surface area contributed by atoms with Crippen molar-refractivity contribution in [3.8, 4) is 0 Å². The summed E-state index contributed by atoms with van der Waals surface area (Å²) in [6.45, 7) is 7.71. The van der Waals surface area contributed by atoms with Crippen LogP contribution in [-0.2, 0) is 19.1 Å². The fraction of sp³-hybridized carbons (Fsp3) is 0.846. The molecule has 4 nitrogen and oxygen atoms in total. The molecule has 0 aliphatic carbocycles. The van der Waals surface area contributed by atoms with Gasteiger partial charge in [0.05, 0.1) is 13.2 Å². The van der Waals surface area contributed by atoms with Gasteiger partial charge in [-0.2, -0.15) is 0 Å². The standard InChI is InChI=1S/C13H24O4/c1-5-8-9-10-13(4,11(14)16-6-2)12(15)17-7-3/h5-10H2,1-4H3. The molecule has 0 aromatic heterocycles. The van der Waals surface area contributed by atoms with Crippen molar-refractivity contribution in [3.05, 3.63) is 0 Å². The van der Waals surface area contributed by atoms with Crippen LogP contribution in [0.3, 0.4) is 0 Å². The first-order valence-corrected chi connectivity index (χ1v) is 6.37. The molecule has 0 radical (unpaired) electrons. The molecule has 4 heteroatoms. The molecule has 0 amide bonds. The molecule has 0 saturated carbocycles. The van der Waals surface area contributed by atoms with Crippen molar-refractivity contribution in [2.75, 3.05) is 13.2 Å². The van der Waals surface area contributed by atoms with Crippen LogP contribution in [0.2, 0.25) is 0 Å². The van der Waals surface area contributed by atoms with Crippen LogP contribution in [-0.4, -0.2) is 25.2 Å². The third-order valence-electron chi connectivity index (χ3n) is 2.73. The number of ether oxygens (including phenoxy) is 2. The summed E-state index contributed by atoms with van der Waals surface area (Å²) in [5.74, 6) is -0.955. The Labute approximate surface area is 104 Å². The fourth-order valence-electron chi connectivity index (χ4n) is 1.60. The molecule has 17 heavy (non-hydrogen) atoms. The normalized spacial score (nSPS) is 11.1. The molecule has 0 atom stereocenters. The summed E-state index contributed by atoms with van der Waals surface area (Å²) in [5, 5.41) is 0. The molecular weight excluding hydrogens is 220 g/mol. The summed E-state index contributed by atoms with van der Waals surface area (Å²) in [4.78, 5) is 23.7. The van der Waals surface area contributed by atoms with E-state index in [1.54, 1.807) is 20.8 Å². The van der Waals surface area contributed by atoms with Crippen LogP contribution in [0.15, 0.2) is 0 Å². The number of hydrogen-bond acceptors (Lipinski definition) is 4. The number of unbranched alkanes of at least 4 members (excludes halogenated alkanes) is 2. The lowest BCUT2D eigenvalue weighted by Crippen LogP contribution is -2.39. The van der Waals surface area contributed by atoms with E-state index in [4.69, 9.17) is 9.47 Å². The van der Waals surface area contributed by atoms with Crippen LogP contribution >= 0.6 is 0 Å². The number of esters is 2. The Morgan fingerprint density at radius 2 is 1.41 bits per heavy atom. The van der Waals surface area contributed by atoms with Gasteiger partial charge in [-0.25, -0.2) is 0 Å². The molecule has 0 aliphatic heterocycles. The zero-order valence-corrected chi connectivity index (χ0v) is 11.4. The first-order chi connectivity index (χ1) is 8.02. The molecule has 0 saturated heterocycles. The molecule has 100 valence electrons. The van der Waals surface area contributed by atoms with Gasteiger partial charge in [0, 0.05) is 0 Å². The average Bonchev–Trinajstić information content (AvgIpc) is 2.29. The van der Waals surface area contributed by atoms with Gasteiger partial charge in [-0.05, 0) is 27.2 Å². The second kappa shape index (κ2) is 8.09. The molecular formula is C13H24O4. The van der Waals surface area contributed by atoms with E-state index in [1.165, 1.54) is 0 Å². The summed E-state index contributed by atoms with van der Waals surface area (Å²) < 4.78 is 9.93. The maximum Gasteiger partial charge on any atom is 0.323 e. The Bertz CT molecular complexity index is 230. The van der Waals surface area contributed by atoms with Crippen molar-refractivity contribution in [1.29, 1.82) is 0 Å². The minimum Gasteiger partial charge on any atom is -0.465 e. The first kappa shape index (κ1) is 15.9. The first-order valence-electron chi connectivity index (χ1n) is 6.37. The maximum atomic E-state index is 11.9. The van der Waals surface area contributed by atoms with Crippen molar-refractivity contribution < 1.29 is 19.1 Å². The molecule has 0 spiro atoms. The largest absolute Gasteiger partial charge is 0.465 e. The Hall–Kier alpha value is -1.06. The van der Waals surface area contributed by atoms with Crippen LogP contribution in [0, 0.1) is 5.41 Å². The number of carbonyl (C=O) groups excluding carboxylic acids is 2. The summed E-state index contributed by atoms with van der Waals surface area (Å²) in [5.41, 5.74) is -1.15. The molecule has 0 unspecified atom stereocenters. The Kier molecular flexibility index (Phi) is 7.59. The molecule has 0 heterocycles. The molecule has 0 aromatic rings. The van der Waals surface area contributed by atoms with E-state index in [0.29, 0.717) is 6.42 Å². The highest BCUT2D eigenvalue weighted by molar-refractivity contribution is 5.99. The Morgan fingerprint density at radius 1 is 0.941 bits per heavy atom. The van der Waals surface area contributed by atoms with Gasteiger partial charge in [0.25, 0.3) is 0 Å². The van der Waals surface area contributed by atoms with E-state index in [-0.39, 0.29) is 13.2 Å². The van der Waals surface area contributed by atoms with Crippen LogP contribution in [0.25, 0.3) is 0 Å². The third kappa shape index (κ3) is 4.75. The van der Waals surface area contributed by atoms with Crippen LogP contribution in [0.4, 0.5) is 0 Å². The maximum absolute atomic E-state index is 11.9. The molecule has 0 aromatic carbocycles. The molecule has 0 N–H and O–H groups in total. The van der Waals surface area contributed by atoms with E-state index < -0.39 is 17.4 Å². The zero-order chi connectivity index (χ0) is 13.3. The van der Waals surface area contributed by atoms with Gasteiger partial charge < -0.3 is 9.47 Å². The van der Waals surface area contributed by atoms with Gasteiger partial charge >= 0.3 is 11.9 Å². The van der Waals surface area contributed by atoms with Crippen molar-refractivity contribution >= 4 is 11.9 Å². The highest BCUT2D eigenvalue weighted by Crippen LogP contribution is 2.28. The van der Waals surface area contributed by atoms with Gasteiger partial charge in [-0.15, -0.1) is 0 Å². The molecule has 0 fully saturated rings. The summed E-state index contributed by atoms with van der Waals surface area (Å²) in [7, 11) is 0. The van der Waals surface area contributed by atoms with Crippen LogP contribution in [0.5, 0.6) is 0 Å². The van der Waals surface area contributed by atoms with Crippen molar-refractivity contribution in [2.24, 2.45) is 5.41 Å². The smallest absolute Gasteiger partial charge is 0.323 e. The van der Waals surface area contributed by atoms with Crippen LogP contribution < -0.4 is 0 Å². The molecule has 0 rings (SSSR count). The fourth-order valence-corrected chi connectivity index (χ4v) is 1.60. The van der Waals surface area contributed by atoms with Gasteiger partial charge in [-0.1, -0.05) is 26.2 Å². The lowest BCUT2D eigenvalue weighted by molar-refractivity contribution is -0.171. The minimum absolute atomic E-state index is 0.279. The summed E-state index contributed by atoms with van der Waals surface area (Å²) in [6.07, 6.45) is 3.35. The summed E-state index contributed by atoms with van der Waals surface area (Å²) in [6, 6.07) is 0. The number of rotatable bonds is 8. The monoisotopic (exact) mass is 244 g/mol. The van der Waals surface area contributed by atoms with Crippen molar-refractivity contribution in [3.63, 3.8) is 0 Å². The van der Waals surface area contributed by atoms with Gasteiger partial charge in [-0.3, -0.25) is 9.59 Å². The minimum atomic E-state index is -1.15. The lowest BCUT2D eigenvalue weighted by atomic mass is 9.84. The lowest BCUT2D eigenvalue weighted by Gasteiger charge is -2.24. The zero-order valence-electron chi connectivity index (χ0n) is 11.4. The highest BCUT2D eigenvalue weighted by atomic mass is 16.6. The van der Waals surface area contributed by atoms with E-state index >= 15 is 0 Å². The van der Waals surface area contributed by atoms with E-state index in [2.05, 4.69) is 6.92 Å². The second-order valence-corrected chi connectivity index (χ2v) is 4.23. The van der Waals surface area contributed by atoms with Gasteiger partial charge in [0.2, 0.25) is 0 Å². The topological polar surface area (TPSA) is 52.6 Å². The second-order valence-electron chi connectivity index (χ2n) is 4.23. The molecule has 0 bridgehead atoms. The van der Waals surface area contributed by atoms with Gasteiger partial charge in [0.15, 0.2) is 5.41 Å². The molecule has 0 aliphatic rings. The quantitative estimate of drug-likeness (QED) is 0.374.